The highest BCUT2D eigenvalue weighted by atomic mass is 31.2. The molecule has 1 heterocycles. The zero-order chi connectivity index (χ0) is 19.6. The molecule has 0 aliphatic carbocycles. The summed E-state index contributed by atoms with van der Waals surface area (Å²) in [5.41, 5.74) is -3.38. The summed E-state index contributed by atoms with van der Waals surface area (Å²) in [4.78, 5) is 63.1. The van der Waals surface area contributed by atoms with Crippen molar-refractivity contribution in [3.05, 3.63) is 18.2 Å². The van der Waals surface area contributed by atoms with Crippen molar-refractivity contribution in [2.24, 2.45) is 0 Å². The van der Waals surface area contributed by atoms with Crippen molar-refractivity contribution < 1.29 is 43.0 Å². The quantitative estimate of drug-likeness (QED) is 0.420. The second kappa shape index (κ2) is 7.36. The van der Waals surface area contributed by atoms with Crippen molar-refractivity contribution in [2.45, 2.75) is 38.3 Å². The van der Waals surface area contributed by atoms with Crippen LogP contribution in [0.2, 0.25) is 0 Å². The summed E-state index contributed by atoms with van der Waals surface area (Å²) in [5.74, 6) is -1.09. The van der Waals surface area contributed by atoms with Crippen LogP contribution in [0.25, 0.3) is 0 Å². The predicted molar refractivity (Wildman–Crippen MR) is 83.6 cm³/mol. The molecule has 1 amide bonds. The molecule has 0 atom stereocenters. The van der Waals surface area contributed by atoms with Crippen LogP contribution in [-0.4, -0.2) is 52.3 Å². The molecule has 1 rings (SSSR count). The number of ether oxygens (including phenoxy) is 1. The average Bonchev–Trinajstić information content (AvgIpc) is 2.79. The van der Waals surface area contributed by atoms with Crippen molar-refractivity contribution >= 4 is 27.2 Å². The highest BCUT2D eigenvalue weighted by Crippen LogP contribution is 2.58. The van der Waals surface area contributed by atoms with Gasteiger partial charge in [-0.25, -0.2) is 14.3 Å². The molecule has 1 aromatic heterocycles. The van der Waals surface area contributed by atoms with Crippen LogP contribution in [0.5, 0.6) is 0 Å². The molecular weight excluding hydrogens is 380 g/mol. The SMILES string of the molecule is CC(C)(C)OC(=O)n1cnc(CC(=O)NC(P(=O)(O)O)P(=O)(O)O)c1. The molecule has 0 aromatic carbocycles. The van der Waals surface area contributed by atoms with E-state index >= 15 is 0 Å². The molecule has 142 valence electrons. The molecule has 0 saturated heterocycles. The van der Waals surface area contributed by atoms with E-state index < -0.39 is 44.7 Å². The minimum Gasteiger partial charge on any atom is -0.443 e. The lowest BCUT2D eigenvalue weighted by Gasteiger charge is -2.20. The number of hydrogen-bond acceptors (Lipinski definition) is 6. The van der Waals surface area contributed by atoms with Gasteiger partial charge < -0.3 is 29.6 Å². The van der Waals surface area contributed by atoms with Gasteiger partial charge in [-0.2, -0.15) is 0 Å². The zero-order valence-corrected chi connectivity index (χ0v) is 15.3. The van der Waals surface area contributed by atoms with Gasteiger partial charge in [0.2, 0.25) is 11.4 Å². The van der Waals surface area contributed by atoms with Gasteiger partial charge in [0.25, 0.3) is 0 Å². The maximum Gasteiger partial charge on any atom is 0.419 e. The molecule has 25 heavy (non-hydrogen) atoms. The molecule has 0 bridgehead atoms. The second-order valence-corrected chi connectivity index (χ2v) is 9.85. The molecule has 12 nitrogen and oxygen atoms in total. The van der Waals surface area contributed by atoms with Gasteiger partial charge in [-0.05, 0) is 20.8 Å². The number of carbonyl (C=O) groups excluding carboxylic acids is 2. The van der Waals surface area contributed by atoms with E-state index in [1.807, 2.05) is 0 Å². The summed E-state index contributed by atoms with van der Waals surface area (Å²) in [6.45, 7) is 4.96. The van der Waals surface area contributed by atoms with Gasteiger partial charge in [0, 0.05) is 6.20 Å². The number of carbonyl (C=O) groups is 2. The Morgan fingerprint density at radius 3 is 2.20 bits per heavy atom. The lowest BCUT2D eigenvalue weighted by Crippen LogP contribution is -2.35. The van der Waals surface area contributed by atoms with E-state index in [1.165, 1.54) is 0 Å². The first-order chi connectivity index (χ1) is 11.1. The topological polar surface area (TPSA) is 188 Å². The Balaban J connectivity index is 2.80. The Kier molecular flexibility index (Phi) is 6.33. The van der Waals surface area contributed by atoms with Crippen molar-refractivity contribution in [2.75, 3.05) is 0 Å². The van der Waals surface area contributed by atoms with Crippen molar-refractivity contribution in [3.63, 3.8) is 0 Å². The standard InChI is InChI=1S/C11H19N3O9P2/c1-11(2,3)23-10(16)14-5-7(12-6-14)4-8(15)13-9(24(17,18)19)25(20,21)22/h5-6,9H,4H2,1-3H3,(H,13,15)(H2,17,18,19)(H2,20,21,22). The highest BCUT2D eigenvalue weighted by Gasteiger charge is 2.44. The van der Waals surface area contributed by atoms with Crippen LogP contribution < -0.4 is 5.32 Å². The summed E-state index contributed by atoms with van der Waals surface area (Å²) >= 11 is 0. The third-order valence-corrected chi connectivity index (χ3v) is 5.85. The third kappa shape index (κ3) is 7.07. The van der Waals surface area contributed by atoms with Crippen LogP contribution >= 0.6 is 15.2 Å². The van der Waals surface area contributed by atoms with Gasteiger partial charge in [0.05, 0.1) is 12.1 Å². The Morgan fingerprint density at radius 2 is 1.76 bits per heavy atom. The zero-order valence-electron chi connectivity index (χ0n) is 13.6. The van der Waals surface area contributed by atoms with Crippen LogP contribution in [0.3, 0.4) is 0 Å². The van der Waals surface area contributed by atoms with Gasteiger partial charge in [0.15, 0.2) is 0 Å². The molecule has 0 aliphatic rings. The lowest BCUT2D eigenvalue weighted by molar-refractivity contribution is -0.120. The van der Waals surface area contributed by atoms with E-state index in [-0.39, 0.29) is 5.69 Å². The Morgan fingerprint density at radius 1 is 1.24 bits per heavy atom. The number of amides is 1. The summed E-state index contributed by atoms with van der Waals surface area (Å²) in [5, 5.41) is 1.59. The van der Waals surface area contributed by atoms with Crippen LogP contribution in [0.4, 0.5) is 4.79 Å². The van der Waals surface area contributed by atoms with Crippen molar-refractivity contribution in [1.29, 1.82) is 0 Å². The van der Waals surface area contributed by atoms with Gasteiger partial charge >= 0.3 is 21.3 Å². The Labute approximate surface area is 142 Å². The normalized spacial score (nSPS) is 13.0. The number of nitrogens with zero attached hydrogens (tertiary/aromatic N) is 2. The molecule has 0 unspecified atom stereocenters. The predicted octanol–water partition coefficient (Wildman–Crippen LogP) is -0.0360. The van der Waals surface area contributed by atoms with Crippen LogP contribution in [0.1, 0.15) is 26.5 Å². The van der Waals surface area contributed by atoms with Crippen LogP contribution in [0, 0.1) is 0 Å². The number of nitrogens with one attached hydrogen (secondary N) is 1. The molecule has 0 spiro atoms. The number of imidazole rings is 1. The largest absolute Gasteiger partial charge is 0.443 e. The van der Waals surface area contributed by atoms with Crippen molar-refractivity contribution in [3.8, 4) is 0 Å². The molecule has 0 fully saturated rings. The Bertz CT molecular complexity index is 720. The monoisotopic (exact) mass is 399 g/mol. The molecule has 1 aromatic rings. The van der Waals surface area contributed by atoms with Gasteiger partial charge in [-0.15, -0.1) is 0 Å². The van der Waals surface area contributed by atoms with E-state index in [9.17, 15) is 18.7 Å². The van der Waals surface area contributed by atoms with E-state index in [2.05, 4.69) is 4.98 Å². The summed E-state index contributed by atoms with van der Waals surface area (Å²) < 4.78 is 28.2. The number of aromatic nitrogens is 2. The second-order valence-electron chi connectivity index (χ2n) is 6.05. The molecule has 5 N–H and O–H groups in total. The first-order valence-electron chi connectivity index (χ1n) is 6.75. The average molecular weight is 399 g/mol. The molecule has 0 saturated carbocycles. The highest BCUT2D eigenvalue weighted by molar-refractivity contribution is 7.70. The maximum atomic E-state index is 11.8. The fourth-order valence-electron chi connectivity index (χ4n) is 1.59. The molecular formula is C11H19N3O9P2. The van der Waals surface area contributed by atoms with Gasteiger partial charge in [-0.3, -0.25) is 13.9 Å². The fourth-order valence-corrected chi connectivity index (χ4v) is 3.78. The number of hydrogen-bond donors (Lipinski definition) is 5. The smallest absolute Gasteiger partial charge is 0.419 e. The molecule has 0 aliphatic heterocycles. The molecule has 14 heteroatoms. The van der Waals surface area contributed by atoms with Crippen LogP contribution in [-0.2, 0) is 25.1 Å². The third-order valence-electron chi connectivity index (χ3n) is 2.51. The Hall–Kier alpha value is -1.55. The van der Waals surface area contributed by atoms with E-state index in [1.54, 1.807) is 26.1 Å². The maximum absolute atomic E-state index is 11.8. The summed E-state index contributed by atoms with van der Waals surface area (Å²) in [6.07, 6.45) is 0.902. The summed E-state index contributed by atoms with van der Waals surface area (Å²) in [7, 11) is -10.6. The van der Waals surface area contributed by atoms with Gasteiger partial charge in [0.1, 0.15) is 11.9 Å². The van der Waals surface area contributed by atoms with E-state index in [0.717, 1.165) is 17.1 Å². The first kappa shape index (κ1) is 21.5. The van der Waals surface area contributed by atoms with Crippen molar-refractivity contribution in [1.82, 2.24) is 14.9 Å². The van der Waals surface area contributed by atoms with E-state index in [4.69, 9.17) is 24.3 Å². The minimum absolute atomic E-state index is 0.0264. The minimum atomic E-state index is -5.28. The lowest BCUT2D eigenvalue weighted by atomic mass is 10.2. The van der Waals surface area contributed by atoms with E-state index in [0.29, 0.717) is 0 Å². The fraction of sp³-hybridized carbons (Fsp3) is 0.545. The number of rotatable bonds is 5. The van der Waals surface area contributed by atoms with Gasteiger partial charge in [-0.1, -0.05) is 0 Å². The summed E-state index contributed by atoms with van der Waals surface area (Å²) in [6, 6.07) is 0. The van der Waals surface area contributed by atoms with Crippen LogP contribution in [0.15, 0.2) is 12.5 Å². The first-order valence-corrected chi connectivity index (χ1v) is 10.1. The molecule has 0 radical (unpaired) electrons.